The van der Waals surface area contributed by atoms with Gasteiger partial charge in [0, 0.05) is 5.56 Å². The van der Waals surface area contributed by atoms with Crippen LogP contribution >= 0.6 is 0 Å². The molecule has 0 radical (unpaired) electrons. The third kappa shape index (κ3) is 2.41. The van der Waals surface area contributed by atoms with E-state index >= 15 is 0 Å². The van der Waals surface area contributed by atoms with Crippen LogP contribution < -0.4 is 10.4 Å². The van der Waals surface area contributed by atoms with Crippen molar-refractivity contribution in [2.45, 2.75) is 0 Å². The van der Waals surface area contributed by atoms with Crippen molar-refractivity contribution in [1.29, 1.82) is 0 Å². The fraction of sp³-hybridized carbons (Fsp3) is 0.0455. The summed E-state index contributed by atoms with van der Waals surface area (Å²) in [7, 11) is 1.47. The minimum Gasteiger partial charge on any atom is -0.496 e. The smallest absolute Gasteiger partial charge is 0.442 e. The van der Waals surface area contributed by atoms with Crippen LogP contribution in [0.5, 0.6) is 5.75 Å². The first-order valence-corrected chi connectivity index (χ1v) is 8.79. The second-order valence-corrected chi connectivity index (χ2v) is 6.49. The first-order chi connectivity index (χ1) is 14.1. The molecule has 0 unspecified atom stereocenters. The Hall–Kier alpha value is -4.13. The van der Waals surface area contributed by atoms with Crippen LogP contribution in [0.25, 0.3) is 43.8 Å². The van der Waals surface area contributed by atoms with Crippen LogP contribution in [0.3, 0.4) is 0 Å². The standard InChI is InChI=1S/C22H13NO6/c1-27-16-11-10-12-6-2-3-7-13(12)17(16)18-19-20(29-21(18)23(25)26)14-8-4-5-9-15(14)28-22(19)24/h2-11H,1H3. The summed E-state index contributed by atoms with van der Waals surface area (Å²) in [6.07, 6.45) is 0. The van der Waals surface area contributed by atoms with E-state index in [1.165, 1.54) is 7.11 Å². The van der Waals surface area contributed by atoms with E-state index in [2.05, 4.69) is 0 Å². The molecule has 0 fully saturated rings. The molecular weight excluding hydrogens is 374 g/mol. The highest BCUT2D eigenvalue weighted by Crippen LogP contribution is 2.46. The predicted octanol–water partition coefficient (Wildman–Crippen LogP) is 5.28. The highest BCUT2D eigenvalue weighted by molar-refractivity contribution is 6.13. The van der Waals surface area contributed by atoms with Gasteiger partial charge in [-0.05, 0) is 29.0 Å². The van der Waals surface area contributed by atoms with Gasteiger partial charge in [-0.3, -0.25) is 10.1 Å². The molecule has 5 rings (SSSR count). The lowest BCUT2D eigenvalue weighted by molar-refractivity contribution is -0.400. The van der Waals surface area contributed by atoms with Gasteiger partial charge in [-0.15, -0.1) is 0 Å². The Bertz CT molecular complexity index is 1490. The second kappa shape index (κ2) is 6.20. The molecule has 7 nitrogen and oxygen atoms in total. The predicted molar refractivity (Wildman–Crippen MR) is 108 cm³/mol. The maximum absolute atomic E-state index is 12.9. The van der Waals surface area contributed by atoms with E-state index in [0.29, 0.717) is 27.7 Å². The molecule has 2 heterocycles. The van der Waals surface area contributed by atoms with Gasteiger partial charge < -0.3 is 13.6 Å². The van der Waals surface area contributed by atoms with Gasteiger partial charge >= 0.3 is 11.5 Å². The largest absolute Gasteiger partial charge is 0.496 e. The zero-order chi connectivity index (χ0) is 20.1. The Morgan fingerprint density at radius 1 is 0.897 bits per heavy atom. The molecule has 3 aromatic carbocycles. The number of nitro groups is 1. The Morgan fingerprint density at radius 3 is 2.38 bits per heavy atom. The van der Waals surface area contributed by atoms with E-state index in [1.807, 2.05) is 30.3 Å². The number of benzene rings is 3. The summed E-state index contributed by atoms with van der Waals surface area (Å²) in [5, 5.41) is 13.9. The van der Waals surface area contributed by atoms with Crippen LogP contribution in [0.1, 0.15) is 0 Å². The van der Waals surface area contributed by atoms with Gasteiger partial charge in [0.1, 0.15) is 27.2 Å². The van der Waals surface area contributed by atoms with Gasteiger partial charge in [0.2, 0.25) is 0 Å². The first-order valence-electron chi connectivity index (χ1n) is 8.79. The number of hydrogen-bond donors (Lipinski definition) is 0. The number of nitrogens with zero attached hydrogens (tertiary/aromatic N) is 1. The molecule has 2 aromatic heterocycles. The van der Waals surface area contributed by atoms with E-state index in [9.17, 15) is 14.9 Å². The number of methoxy groups -OCH3 is 1. The van der Waals surface area contributed by atoms with Crippen molar-refractivity contribution in [3.05, 3.63) is 81.2 Å². The maximum atomic E-state index is 12.9. The fourth-order valence-corrected chi connectivity index (χ4v) is 3.74. The number of furan rings is 1. The summed E-state index contributed by atoms with van der Waals surface area (Å²) in [5.74, 6) is -0.139. The summed E-state index contributed by atoms with van der Waals surface area (Å²) in [6.45, 7) is 0. The highest BCUT2D eigenvalue weighted by atomic mass is 16.6. The van der Waals surface area contributed by atoms with Crippen molar-refractivity contribution in [2.24, 2.45) is 0 Å². The zero-order valence-corrected chi connectivity index (χ0v) is 15.2. The monoisotopic (exact) mass is 387 g/mol. The summed E-state index contributed by atoms with van der Waals surface area (Å²) in [5.41, 5.74) is 0.177. The Balaban J connectivity index is 2.06. The van der Waals surface area contributed by atoms with Crippen molar-refractivity contribution in [3.63, 3.8) is 0 Å². The van der Waals surface area contributed by atoms with E-state index in [1.54, 1.807) is 30.3 Å². The maximum Gasteiger partial charge on any atom is 0.442 e. The topological polar surface area (TPSA) is 95.7 Å². The molecular formula is C22H13NO6. The molecule has 29 heavy (non-hydrogen) atoms. The van der Waals surface area contributed by atoms with Crippen molar-refractivity contribution < 1.29 is 18.5 Å². The number of hydrogen-bond acceptors (Lipinski definition) is 6. The first kappa shape index (κ1) is 17.0. The van der Waals surface area contributed by atoms with Crippen LogP contribution in [0.4, 0.5) is 5.88 Å². The lowest BCUT2D eigenvalue weighted by atomic mass is 9.96. The zero-order valence-electron chi connectivity index (χ0n) is 15.2. The van der Waals surface area contributed by atoms with Crippen molar-refractivity contribution in [1.82, 2.24) is 0 Å². The molecule has 0 saturated carbocycles. The Morgan fingerprint density at radius 2 is 1.62 bits per heavy atom. The minimum absolute atomic E-state index is 0.0186. The second-order valence-electron chi connectivity index (χ2n) is 6.49. The number of ether oxygens (including phenoxy) is 1. The van der Waals surface area contributed by atoms with Crippen LogP contribution in [0, 0.1) is 10.1 Å². The molecule has 0 bridgehead atoms. The number of fused-ring (bicyclic) bond motifs is 4. The molecule has 0 spiro atoms. The molecule has 0 N–H and O–H groups in total. The fourth-order valence-electron chi connectivity index (χ4n) is 3.74. The average Bonchev–Trinajstić information content (AvgIpc) is 3.14. The summed E-state index contributed by atoms with van der Waals surface area (Å²) >= 11 is 0. The summed E-state index contributed by atoms with van der Waals surface area (Å²) < 4.78 is 16.6. The highest BCUT2D eigenvalue weighted by Gasteiger charge is 2.32. The molecule has 0 saturated heterocycles. The van der Waals surface area contributed by atoms with Gasteiger partial charge in [-0.25, -0.2) is 4.79 Å². The van der Waals surface area contributed by atoms with Crippen molar-refractivity contribution in [3.8, 4) is 16.9 Å². The van der Waals surface area contributed by atoms with Crippen LogP contribution in [0.15, 0.2) is 74.3 Å². The normalized spacial score (nSPS) is 11.3. The van der Waals surface area contributed by atoms with Crippen molar-refractivity contribution >= 4 is 38.6 Å². The molecule has 0 aliphatic rings. The van der Waals surface area contributed by atoms with Crippen LogP contribution in [-0.2, 0) is 0 Å². The number of rotatable bonds is 3. The molecule has 0 aliphatic carbocycles. The SMILES string of the molecule is COc1ccc2ccccc2c1-c1c([N+](=O)[O-])oc2c1c(=O)oc1ccccc12. The van der Waals surface area contributed by atoms with E-state index in [-0.39, 0.29) is 16.5 Å². The third-order valence-electron chi connectivity index (χ3n) is 4.95. The molecule has 142 valence electrons. The Kier molecular flexibility index (Phi) is 3.64. The lowest BCUT2D eigenvalue weighted by Crippen LogP contribution is -2.01. The summed E-state index contributed by atoms with van der Waals surface area (Å²) in [6, 6.07) is 17.7. The number of para-hydroxylation sites is 1. The van der Waals surface area contributed by atoms with Gasteiger partial charge in [-0.1, -0.05) is 42.5 Å². The van der Waals surface area contributed by atoms with Crippen LogP contribution in [0.2, 0.25) is 0 Å². The van der Waals surface area contributed by atoms with Gasteiger partial charge in [0.25, 0.3) is 0 Å². The summed E-state index contributed by atoms with van der Waals surface area (Å²) in [4.78, 5) is 24.1. The molecule has 0 atom stereocenters. The van der Waals surface area contributed by atoms with Crippen LogP contribution in [-0.4, -0.2) is 12.0 Å². The third-order valence-corrected chi connectivity index (χ3v) is 4.95. The van der Waals surface area contributed by atoms with Gasteiger partial charge in [0.05, 0.1) is 12.5 Å². The van der Waals surface area contributed by atoms with Gasteiger partial charge in [-0.2, -0.15) is 0 Å². The molecule has 0 aliphatic heterocycles. The van der Waals surface area contributed by atoms with E-state index < -0.39 is 16.4 Å². The van der Waals surface area contributed by atoms with E-state index in [0.717, 1.165) is 5.39 Å². The average molecular weight is 387 g/mol. The van der Waals surface area contributed by atoms with E-state index in [4.69, 9.17) is 13.6 Å². The molecule has 5 aromatic rings. The van der Waals surface area contributed by atoms with Crippen molar-refractivity contribution in [2.75, 3.05) is 7.11 Å². The van der Waals surface area contributed by atoms with Gasteiger partial charge in [0.15, 0.2) is 5.58 Å². The minimum atomic E-state index is -0.708. The Labute approximate surface area is 162 Å². The molecule has 0 amide bonds. The molecule has 7 heteroatoms. The quantitative estimate of drug-likeness (QED) is 0.237. The lowest BCUT2D eigenvalue weighted by Gasteiger charge is -2.10.